The SMILES string of the molecule is C/C(CC(=O)NC1C2CC3CC(C2)CC1C3)=N\NC(=O)C(=O)NCC(C)C. The number of hydrazone groups is 1. The summed E-state index contributed by atoms with van der Waals surface area (Å²) in [5.74, 6) is 1.71. The molecule has 7 nitrogen and oxygen atoms in total. The molecule has 150 valence electrons. The first-order valence-electron chi connectivity index (χ1n) is 10.2. The molecule has 4 saturated carbocycles. The molecule has 4 bridgehead atoms. The molecule has 0 unspecified atom stereocenters. The van der Waals surface area contributed by atoms with Crippen LogP contribution in [-0.4, -0.2) is 36.0 Å². The predicted molar refractivity (Wildman–Crippen MR) is 103 cm³/mol. The van der Waals surface area contributed by atoms with Crippen molar-refractivity contribution in [1.29, 1.82) is 0 Å². The molecular weight excluding hydrogens is 344 g/mol. The Morgan fingerprint density at radius 2 is 1.56 bits per heavy atom. The number of hydrogen-bond acceptors (Lipinski definition) is 4. The number of carbonyl (C=O) groups excluding carboxylic acids is 3. The van der Waals surface area contributed by atoms with Gasteiger partial charge in [0.05, 0.1) is 6.42 Å². The molecule has 4 aliphatic rings. The predicted octanol–water partition coefficient (Wildman–Crippen LogP) is 1.58. The first-order valence-corrected chi connectivity index (χ1v) is 10.2. The van der Waals surface area contributed by atoms with Crippen LogP contribution in [0.25, 0.3) is 0 Å². The van der Waals surface area contributed by atoms with Crippen molar-refractivity contribution in [2.24, 2.45) is 34.7 Å². The Morgan fingerprint density at radius 1 is 0.963 bits per heavy atom. The Balaban J connectivity index is 1.43. The minimum Gasteiger partial charge on any atom is -0.352 e. The van der Waals surface area contributed by atoms with Gasteiger partial charge in [0, 0.05) is 18.3 Å². The van der Waals surface area contributed by atoms with E-state index in [1.54, 1.807) is 6.92 Å². The molecule has 4 aliphatic carbocycles. The van der Waals surface area contributed by atoms with Crippen molar-refractivity contribution >= 4 is 23.4 Å². The highest BCUT2D eigenvalue weighted by Crippen LogP contribution is 2.53. The van der Waals surface area contributed by atoms with Gasteiger partial charge >= 0.3 is 11.8 Å². The normalized spacial score (nSPS) is 31.7. The molecule has 4 fully saturated rings. The van der Waals surface area contributed by atoms with E-state index in [-0.39, 0.29) is 18.2 Å². The van der Waals surface area contributed by atoms with Crippen molar-refractivity contribution in [3.8, 4) is 0 Å². The molecule has 0 atom stereocenters. The fraction of sp³-hybridized carbons (Fsp3) is 0.800. The lowest BCUT2D eigenvalue weighted by molar-refractivity contribution is -0.139. The van der Waals surface area contributed by atoms with Gasteiger partial charge in [-0.3, -0.25) is 14.4 Å². The van der Waals surface area contributed by atoms with E-state index in [4.69, 9.17) is 0 Å². The van der Waals surface area contributed by atoms with Gasteiger partial charge in [0.25, 0.3) is 0 Å². The average Bonchev–Trinajstić information content (AvgIpc) is 2.60. The van der Waals surface area contributed by atoms with E-state index >= 15 is 0 Å². The third-order valence-corrected chi connectivity index (χ3v) is 6.20. The number of nitrogens with one attached hydrogen (secondary N) is 3. The van der Waals surface area contributed by atoms with Crippen LogP contribution in [0, 0.1) is 29.6 Å². The first-order chi connectivity index (χ1) is 12.8. The summed E-state index contributed by atoms with van der Waals surface area (Å²) in [6.45, 7) is 6.01. The van der Waals surface area contributed by atoms with E-state index in [2.05, 4.69) is 21.2 Å². The van der Waals surface area contributed by atoms with E-state index in [1.807, 2.05) is 13.8 Å². The molecule has 0 aromatic rings. The minimum absolute atomic E-state index is 0.0489. The molecule has 0 saturated heterocycles. The number of hydrogen-bond donors (Lipinski definition) is 3. The zero-order valence-electron chi connectivity index (χ0n) is 16.6. The molecule has 0 heterocycles. The molecule has 0 radical (unpaired) electrons. The maximum Gasteiger partial charge on any atom is 0.329 e. The molecular formula is C20H32N4O3. The van der Waals surface area contributed by atoms with Crippen LogP contribution >= 0.6 is 0 Å². The van der Waals surface area contributed by atoms with Crippen molar-refractivity contribution in [3.05, 3.63) is 0 Å². The highest BCUT2D eigenvalue weighted by Gasteiger charge is 2.48. The zero-order chi connectivity index (χ0) is 19.6. The van der Waals surface area contributed by atoms with E-state index < -0.39 is 11.8 Å². The number of rotatable bonds is 6. The van der Waals surface area contributed by atoms with E-state index in [9.17, 15) is 14.4 Å². The quantitative estimate of drug-likeness (QED) is 0.373. The summed E-state index contributed by atoms with van der Waals surface area (Å²) in [7, 11) is 0. The van der Waals surface area contributed by atoms with Crippen LogP contribution in [-0.2, 0) is 14.4 Å². The lowest BCUT2D eigenvalue weighted by atomic mass is 9.54. The molecule has 0 aromatic carbocycles. The second-order valence-corrected chi connectivity index (χ2v) is 9.09. The molecule has 3 N–H and O–H groups in total. The summed E-state index contributed by atoms with van der Waals surface area (Å²) in [5, 5.41) is 9.65. The molecule has 3 amide bonds. The number of amides is 3. The van der Waals surface area contributed by atoms with Gasteiger partial charge in [-0.25, -0.2) is 5.43 Å². The first kappa shape index (κ1) is 19.8. The maximum absolute atomic E-state index is 12.4. The second kappa shape index (κ2) is 8.40. The third-order valence-electron chi connectivity index (χ3n) is 6.20. The number of nitrogens with zero attached hydrogens (tertiary/aromatic N) is 1. The van der Waals surface area contributed by atoms with Crippen LogP contribution in [0.3, 0.4) is 0 Å². The highest BCUT2D eigenvalue weighted by atomic mass is 16.2. The summed E-state index contributed by atoms with van der Waals surface area (Å²) in [6, 6.07) is 0.300. The standard InChI is InChI=1S/C20H32N4O3/c1-11(2)10-21-19(26)20(27)24-23-12(3)4-17(25)22-18-15-6-13-5-14(8-15)9-16(18)7-13/h11,13-16,18H,4-10H2,1-3H3,(H,21,26)(H,22,25)(H,24,27)/b23-12+. The van der Waals surface area contributed by atoms with Crippen molar-refractivity contribution in [2.75, 3.05) is 6.54 Å². The highest BCUT2D eigenvalue weighted by molar-refractivity contribution is 6.35. The van der Waals surface area contributed by atoms with Crippen LogP contribution in [0.2, 0.25) is 0 Å². The van der Waals surface area contributed by atoms with Gasteiger partial charge in [0.1, 0.15) is 0 Å². The molecule has 0 aromatic heterocycles. The Labute approximate surface area is 161 Å². The van der Waals surface area contributed by atoms with Gasteiger partial charge < -0.3 is 10.6 Å². The summed E-state index contributed by atoms with van der Waals surface area (Å²) in [6.07, 6.45) is 6.55. The van der Waals surface area contributed by atoms with Crippen LogP contribution in [0.1, 0.15) is 59.3 Å². The summed E-state index contributed by atoms with van der Waals surface area (Å²) in [5.41, 5.74) is 2.71. The molecule has 4 rings (SSSR count). The Kier molecular flexibility index (Phi) is 6.17. The van der Waals surface area contributed by atoms with E-state index in [0.717, 1.165) is 11.8 Å². The Bertz CT molecular complexity index is 601. The minimum atomic E-state index is -0.809. The van der Waals surface area contributed by atoms with E-state index in [0.29, 0.717) is 30.1 Å². The smallest absolute Gasteiger partial charge is 0.329 e. The van der Waals surface area contributed by atoms with Crippen molar-refractivity contribution < 1.29 is 14.4 Å². The van der Waals surface area contributed by atoms with Gasteiger partial charge in [-0.2, -0.15) is 5.10 Å². The fourth-order valence-corrected chi connectivity index (χ4v) is 5.24. The van der Waals surface area contributed by atoms with Gasteiger partial charge in [-0.1, -0.05) is 13.8 Å². The van der Waals surface area contributed by atoms with Crippen molar-refractivity contribution in [2.45, 2.75) is 65.3 Å². The number of carbonyl (C=O) groups is 3. The summed E-state index contributed by atoms with van der Waals surface area (Å²) < 4.78 is 0. The Morgan fingerprint density at radius 3 is 2.11 bits per heavy atom. The van der Waals surface area contributed by atoms with Crippen LogP contribution in [0.15, 0.2) is 5.10 Å². The third kappa shape index (κ3) is 5.08. The van der Waals surface area contributed by atoms with Crippen LogP contribution < -0.4 is 16.1 Å². The average molecular weight is 377 g/mol. The molecule has 7 heteroatoms. The zero-order valence-corrected chi connectivity index (χ0v) is 16.6. The summed E-state index contributed by atoms with van der Waals surface area (Å²) >= 11 is 0. The molecule has 0 spiro atoms. The van der Waals surface area contributed by atoms with Crippen LogP contribution in [0.4, 0.5) is 0 Å². The lowest BCUT2D eigenvalue weighted by Crippen LogP contribution is -2.56. The lowest BCUT2D eigenvalue weighted by Gasteiger charge is -2.54. The van der Waals surface area contributed by atoms with E-state index in [1.165, 1.54) is 32.1 Å². The van der Waals surface area contributed by atoms with Crippen LogP contribution in [0.5, 0.6) is 0 Å². The molecule has 0 aliphatic heterocycles. The summed E-state index contributed by atoms with van der Waals surface area (Å²) in [4.78, 5) is 35.7. The fourth-order valence-electron chi connectivity index (χ4n) is 5.24. The van der Waals surface area contributed by atoms with Gasteiger partial charge in [0.2, 0.25) is 5.91 Å². The van der Waals surface area contributed by atoms with Gasteiger partial charge in [-0.05, 0) is 68.6 Å². The van der Waals surface area contributed by atoms with Crippen molar-refractivity contribution in [3.63, 3.8) is 0 Å². The second-order valence-electron chi connectivity index (χ2n) is 9.09. The van der Waals surface area contributed by atoms with Gasteiger partial charge in [-0.15, -0.1) is 0 Å². The molecule has 27 heavy (non-hydrogen) atoms. The monoisotopic (exact) mass is 376 g/mol. The Hall–Kier alpha value is -1.92. The topological polar surface area (TPSA) is 99.7 Å². The largest absolute Gasteiger partial charge is 0.352 e. The maximum atomic E-state index is 12.4. The van der Waals surface area contributed by atoms with Crippen molar-refractivity contribution in [1.82, 2.24) is 16.1 Å². The van der Waals surface area contributed by atoms with Gasteiger partial charge in [0.15, 0.2) is 0 Å².